The second kappa shape index (κ2) is 5.93. The summed E-state index contributed by atoms with van der Waals surface area (Å²) in [7, 11) is 0. The van der Waals surface area contributed by atoms with Gasteiger partial charge in [-0.3, -0.25) is 4.79 Å². The van der Waals surface area contributed by atoms with Crippen molar-refractivity contribution in [2.45, 2.75) is 19.9 Å². The highest BCUT2D eigenvalue weighted by molar-refractivity contribution is 6.36. The summed E-state index contributed by atoms with van der Waals surface area (Å²) in [5.74, 6) is -1.13. The molecule has 1 aromatic rings. The number of nitrogens with one attached hydrogen (secondary N) is 2. The Bertz CT molecular complexity index is 491. The number of carbonyl (C=O) groups excluding carboxylic acids is 1. The summed E-state index contributed by atoms with van der Waals surface area (Å²) in [6, 6.07) is 1.46. The van der Waals surface area contributed by atoms with Gasteiger partial charge in [-0.05, 0) is 31.5 Å². The number of aryl methyl sites for hydroxylation is 1. The molecule has 0 heterocycles. The Labute approximate surface area is 114 Å². The molecule has 0 aliphatic rings. The Morgan fingerprint density at radius 3 is 2.44 bits per heavy atom. The van der Waals surface area contributed by atoms with Gasteiger partial charge in [-0.2, -0.15) is 0 Å². The van der Waals surface area contributed by atoms with Crippen molar-refractivity contribution in [3.8, 4) is 0 Å². The van der Waals surface area contributed by atoms with Crippen molar-refractivity contribution < 1.29 is 14.7 Å². The first kappa shape index (κ1) is 14.6. The topological polar surface area (TPSA) is 78.4 Å². The lowest BCUT2D eigenvalue weighted by atomic mass is 10.2. The zero-order chi connectivity index (χ0) is 13.9. The van der Waals surface area contributed by atoms with Gasteiger partial charge < -0.3 is 15.7 Å². The fraction of sp³-hybridized carbons (Fsp3) is 0.273. The molecule has 0 aromatic heterocycles. The number of carboxylic acids is 1. The van der Waals surface area contributed by atoms with Crippen LogP contribution in [0.2, 0.25) is 10.0 Å². The Morgan fingerprint density at radius 1 is 1.28 bits per heavy atom. The fourth-order valence-corrected chi connectivity index (χ4v) is 1.59. The molecular formula is C11H12Cl2N2O3. The number of benzene rings is 1. The summed E-state index contributed by atoms with van der Waals surface area (Å²) in [6.45, 7) is 3.14. The van der Waals surface area contributed by atoms with E-state index in [-0.39, 0.29) is 0 Å². The zero-order valence-electron chi connectivity index (χ0n) is 9.75. The van der Waals surface area contributed by atoms with Crippen LogP contribution >= 0.6 is 23.2 Å². The van der Waals surface area contributed by atoms with Gasteiger partial charge in [-0.15, -0.1) is 0 Å². The number of halogens is 2. The molecule has 1 atom stereocenters. The first-order valence-corrected chi connectivity index (χ1v) is 5.83. The molecule has 0 bridgehead atoms. The van der Waals surface area contributed by atoms with Gasteiger partial charge in [0, 0.05) is 5.02 Å². The van der Waals surface area contributed by atoms with Crippen LogP contribution < -0.4 is 10.6 Å². The highest BCUT2D eigenvalue weighted by atomic mass is 35.5. The lowest BCUT2D eigenvalue weighted by Gasteiger charge is -2.12. The van der Waals surface area contributed by atoms with E-state index in [4.69, 9.17) is 28.3 Å². The monoisotopic (exact) mass is 290 g/mol. The molecule has 0 radical (unpaired) electrons. The van der Waals surface area contributed by atoms with Crippen LogP contribution in [-0.2, 0) is 4.79 Å². The Morgan fingerprint density at radius 2 is 1.89 bits per heavy atom. The van der Waals surface area contributed by atoms with E-state index in [9.17, 15) is 9.59 Å². The smallest absolute Gasteiger partial charge is 0.325 e. The Kier molecular flexibility index (Phi) is 4.81. The molecule has 7 heteroatoms. The van der Waals surface area contributed by atoms with E-state index in [2.05, 4.69) is 10.6 Å². The lowest BCUT2D eigenvalue weighted by Crippen LogP contribution is -2.40. The molecule has 3 N–H and O–H groups in total. The number of hydrogen-bond donors (Lipinski definition) is 3. The van der Waals surface area contributed by atoms with Gasteiger partial charge in [0.2, 0.25) is 0 Å². The molecule has 5 nitrogen and oxygen atoms in total. The summed E-state index contributed by atoms with van der Waals surface area (Å²) in [5.41, 5.74) is 1.11. The molecule has 18 heavy (non-hydrogen) atoms. The summed E-state index contributed by atoms with van der Waals surface area (Å²) in [4.78, 5) is 22.1. The average molecular weight is 291 g/mol. The number of urea groups is 1. The van der Waals surface area contributed by atoms with Crippen molar-refractivity contribution in [3.63, 3.8) is 0 Å². The molecule has 1 rings (SSSR count). The standard InChI is InChI=1S/C11H12Cl2N2O3/c1-5-3-8(13)9(4-7(5)12)15-11(18)14-6(2)10(16)17/h3-4,6H,1-2H3,(H,16,17)(H2,14,15,18)/t6-/m1/s1. The predicted octanol–water partition coefficient (Wildman–Crippen LogP) is 2.90. The van der Waals surface area contributed by atoms with Crippen LogP contribution in [0.15, 0.2) is 12.1 Å². The van der Waals surface area contributed by atoms with E-state index in [1.165, 1.54) is 13.0 Å². The maximum atomic E-state index is 11.5. The van der Waals surface area contributed by atoms with Crippen molar-refractivity contribution in [2.24, 2.45) is 0 Å². The fourth-order valence-electron chi connectivity index (χ4n) is 1.16. The number of carboxylic acid groups (broad SMARTS) is 1. The van der Waals surface area contributed by atoms with Crippen LogP contribution in [0.25, 0.3) is 0 Å². The molecule has 1 aromatic carbocycles. The maximum absolute atomic E-state index is 11.5. The van der Waals surface area contributed by atoms with Crippen molar-refractivity contribution in [3.05, 3.63) is 27.7 Å². The molecule has 0 fully saturated rings. The normalized spacial score (nSPS) is 11.8. The Balaban J connectivity index is 2.76. The third kappa shape index (κ3) is 3.78. The van der Waals surface area contributed by atoms with Gasteiger partial charge in [0.05, 0.1) is 10.7 Å². The van der Waals surface area contributed by atoms with Gasteiger partial charge in [0.25, 0.3) is 0 Å². The van der Waals surface area contributed by atoms with Gasteiger partial charge in [0.15, 0.2) is 0 Å². The molecule has 0 unspecified atom stereocenters. The molecule has 98 valence electrons. The van der Waals surface area contributed by atoms with Crippen LogP contribution in [0.3, 0.4) is 0 Å². The minimum atomic E-state index is -1.13. The minimum Gasteiger partial charge on any atom is -0.480 e. The van der Waals surface area contributed by atoms with E-state index in [1.807, 2.05) is 0 Å². The van der Waals surface area contributed by atoms with Gasteiger partial charge in [-0.1, -0.05) is 23.2 Å². The Hall–Kier alpha value is -1.46. The van der Waals surface area contributed by atoms with Crippen LogP contribution in [0.4, 0.5) is 10.5 Å². The number of aliphatic carboxylic acids is 1. The van der Waals surface area contributed by atoms with Crippen molar-refractivity contribution in [1.29, 1.82) is 0 Å². The van der Waals surface area contributed by atoms with E-state index < -0.39 is 18.0 Å². The van der Waals surface area contributed by atoms with E-state index in [1.54, 1.807) is 13.0 Å². The van der Waals surface area contributed by atoms with Gasteiger partial charge in [-0.25, -0.2) is 4.79 Å². The van der Waals surface area contributed by atoms with Crippen LogP contribution in [0.5, 0.6) is 0 Å². The van der Waals surface area contributed by atoms with E-state index in [0.29, 0.717) is 15.7 Å². The highest BCUT2D eigenvalue weighted by Gasteiger charge is 2.15. The minimum absolute atomic E-state index is 0.322. The predicted molar refractivity (Wildman–Crippen MR) is 70.5 cm³/mol. The number of hydrogen-bond acceptors (Lipinski definition) is 2. The average Bonchev–Trinajstić information content (AvgIpc) is 2.25. The number of rotatable bonds is 3. The molecular weight excluding hydrogens is 279 g/mol. The van der Waals surface area contributed by atoms with Crippen LogP contribution in [0.1, 0.15) is 12.5 Å². The van der Waals surface area contributed by atoms with E-state index >= 15 is 0 Å². The molecule has 0 aliphatic carbocycles. The zero-order valence-corrected chi connectivity index (χ0v) is 11.3. The number of carbonyl (C=O) groups is 2. The molecule has 0 saturated heterocycles. The van der Waals surface area contributed by atoms with Gasteiger partial charge >= 0.3 is 12.0 Å². The van der Waals surface area contributed by atoms with Crippen LogP contribution in [-0.4, -0.2) is 23.1 Å². The van der Waals surface area contributed by atoms with Crippen molar-refractivity contribution in [1.82, 2.24) is 5.32 Å². The second-order valence-electron chi connectivity index (χ2n) is 3.74. The molecule has 2 amide bonds. The molecule has 0 spiro atoms. The van der Waals surface area contributed by atoms with E-state index in [0.717, 1.165) is 5.56 Å². The van der Waals surface area contributed by atoms with Gasteiger partial charge in [0.1, 0.15) is 6.04 Å². The number of anilines is 1. The largest absolute Gasteiger partial charge is 0.480 e. The first-order valence-electron chi connectivity index (χ1n) is 5.07. The SMILES string of the molecule is Cc1cc(Cl)c(NC(=O)N[C@H](C)C(=O)O)cc1Cl. The lowest BCUT2D eigenvalue weighted by molar-refractivity contribution is -0.138. The molecule has 0 aliphatic heterocycles. The summed E-state index contributed by atoms with van der Waals surface area (Å²) in [5, 5.41) is 14.1. The summed E-state index contributed by atoms with van der Waals surface area (Å²) in [6.07, 6.45) is 0. The third-order valence-corrected chi connectivity index (χ3v) is 2.93. The maximum Gasteiger partial charge on any atom is 0.325 e. The quantitative estimate of drug-likeness (QED) is 0.801. The second-order valence-corrected chi connectivity index (χ2v) is 4.55. The number of amides is 2. The van der Waals surface area contributed by atoms with Crippen molar-refractivity contribution >= 4 is 40.9 Å². The summed E-state index contributed by atoms with van der Waals surface area (Å²) >= 11 is 11.8. The van der Waals surface area contributed by atoms with Crippen molar-refractivity contribution in [2.75, 3.05) is 5.32 Å². The molecule has 0 saturated carbocycles. The third-order valence-electron chi connectivity index (χ3n) is 2.21. The van der Waals surface area contributed by atoms with Crippen LogP contribution in [0, 0.1) is 6.92 Å². The first-order chi connectivity index (χ1) is 8.31. The highest BCUT2D eigenvalue weighted by Crippen LogP contribution is 2.28. The summed E-state index contributed by atoms with van der Waals surface area (Å²) < 4.78 is 0.